The molecular weight excluding hydrogens is 341 g/mol. The molecule has 0 spiro atoms. The number of nitrogens with two attached hydrogens (primary N) is 1. The molecule has 1 heterocycles. The van der Waals surface area contributed by atoms with Gasteiger partial charge in [0.1, 0.15) is 0 Å². The maximum absolute atomic E-state index is 13.4. The van der Waals surface area contributed by atoms with Crippen molar-refractivity contribution in [3.63, 3.8) is 0 Å². The van der Waals surface area contributed by atoms with Crippen LogP contribution >= 0.6 is 12.4 Å². The number of piperidine rings is 1. The van der Waals surface area contributed by atoms with Gasteiger partial charge in [0.2, 0.25) is 5.91 Å². The molecule has 2 N–H and O–H groups in total. The fraction of sp³-hybridized carbons (Fsp3) is 0.588. The van der Waals surface area contributed by atoms with Gasteiger partial charge in [-0.1, -0.05) is 37.3 Å². The minimum absolute atomic E-state index is 0. The molecule has 1 fully saturated rings. The van der Waals surface area contributed by atoms with E-state index >= 15 is 0 Å². The first-order chi connectivity index (χ1) is 10.8. The third-order valence-corrected chi connectivity index (χ3v) is 4.55. The van der Waals surface area contributed by atoms with Gasteiger partial charge in [-0.25, -0.2) is 0 Å². The molecule has 0 aliphatic carbocycles. The van der Waals surface area contributed by atoms with E-state index in [0.29, 0.717) is 12.5 Å². The second kappa shape index (κ2) is 8.72. The Bertz CT molecular complexity index is 524. The molecule has 0 aromatic heterocycles. The molecule has 3 atom stereocenters. The monoisotopic (exact) mass is 364 g/mol. The number of benzene rings is 1. The van der Waals surface area contributed by atoms with E-state index in [2.05, 4.69) is 6.92 Å². The Kier molecular flexibility index (Phi) is 7.55. The Labute approximate surface area is 146 Å². The third kappa shape index (κ3) is 5.11. The average molecular weight is 365 g/mol. The van der Waals surface area contributed by atoms with Crippen molar-refractivity contribution in [2.75, 3.05) is 13.1 Å². The summed E-state index contributed by atoms with van der Waals surface area (Å²) in [5.74, 6) is -1.78. The van der Waals surface area contributed by atoms with Crippen molar-refractivity contribution >= 4 is 18.3 Å². The predicted molar refractivity (Wildman–Crippen MR) is 90.1 cm³/mol. The Morgan fingerprint density at radius 3 is 2.50 bits per heavy atom. The van der Waals surface area contributed by atoms with Crippen LogP contribution in [-0.2, 0) is 4.79 Å². The van der Waals surface area contributed by atoms with Crippen molar-refractivity contribution in [2.24, 2.45) is 11.7 Å². The van der Waals surface area contributed by atoms with E-state index in [-0.39, 0.29) is 30.6 Å². The van der Waals surface area contributed by atoms with Gasteiger partial charge in [-0.15, -0.1) is 12.4 Å². The van der Waals surface area contributed by atoms with Gasteiger partial charge in [0.15, 0.2) is 0 Å². The van der Waals surface area contributed by atoms with E-state index in [4.69, 9.17) is 5.73 Å². The van der Waals surface area contributed by atoms with E-state index in [9.17, 15) is 18.0 Å². The summed E-state index contributed by atoms with van der Waals surface area (Å²) in [6, 6.07) is 7.47. The van der Waals surface area contributed by atoms with Crippen LogP contribution in [0.5, 0.6) is 0 Å². The van der Waals surface area contributed by atoms with Crippen molar-refractivity contribution in [1.29, 1.82) is 0 Å². The number of halogens is 4. The summed E-state index contributed by atoms with van der Waals surface area (Å²) in [6.07, 6.45) is -3.44. The number of nitrogens with zero attached hydrogens (tertiary/aromatic N) is 1. The minimum atomic E-state index is -4.45. The number of carbonyl (C=O) groups is 1. The summed E-state index contributed by atoms with van der Waals surface area (Å²) in [6.45, 7) is 2.85. The predicted octanol–water partition coefficient (Wildman–Crippen LogP) is 3.73. The molecule has 2 rings (SSSR count). The number of rotatable bonds is 4. The maximum Gasteiger partial charge on any atom is 0.396 e. The highest BCUT2D eigenvalue weighted by Crippen LogP contribution is 2.38. The summed E-state index contributed by atoms with van der Waals surface area (Å²) in [7, 11) is 0. The molecule has 1 aromatic rings. The highest BCUT2D eigenvalue weighted by Gasteiger charge is 2.43. The smallest absolute Gasteiger partial charge is 0.338 e. The number of amides is 1. The van der Waals surface area contributed by atoms with E-state index in [1.54, 1.807) is 23.1 Å². The Morgan fingerprint density at radius 1 is 1.33 bits per heavy atom. The van der Waals surface area contributed by atoms with Gasteiger partial charge in [0.05, 0.1) is 5.92 Å². The van der Waals surface area contributed by atoms with Gasteiger partial charge in [0.25, 0.3) is 0 Å². The summed E-state index contributed by atoms with van der Waals surface area (Å²) >= 11 is 0. The molecule has 1 aromatic carbocycles. The quantitative estimate of drug-likeness (QED) is 0.884. The van der Waals surface area contributed by atoms with Crippen LogP contribution < -0.4 is 5.73 Å². The number of carbonyl (C=O) groups excluding carboxylic acids is 1. The molecular formula is C17H24ClF3N2O. The number of alkyl halides is 3. The molecule has 3 unspecified atom stereocenters. The lowest BCUT2D eigenvalue weighted by atomic mass is 9.90. The van der Waals surface area contributed by atoms with Crippen LogP contribution in [0.2, 0.25) is 0 Å². The summed E-state index contributed by atoms with van der Waals surface area (Å²) < 4.78 is 40.1. The SMILES string of the molecule is CC1CCN(C(=O)CC(c2ccccc2)C(F)(F)F)C(CN)C1.Cl. The zero-order chi connectivity index (χ0) is 17.0. The van der Waals surface area contributed by atoms with Crippen LogP contribution in [-0.4, -0.2) is 36.1 Å². The molecule has 7 heteroatoms. The van der Waals surface area contributed by atoms with E-state index in [1.807, 2.05) is 0 Å². The lowest BCUT2D eigenvalue weighted by molar-refractivity contribution is -0.162. The van der Waals surface area contributed by atoms with Gasteiger partial charge in [-0.05, 0) is 24.3 Å². The van der Waals surface area contributed by atoms with Gasteiger partial charge in [0, 0.05) is 25.6 Å². The molecule has 0 radical (unpaired) electrons. The van der Waals surface area contributed by atoms with E-state index in [1.165, 1.54) is 12.1 Å². The average Bonchev–Trinajstić information content (AvgIpc) is 2.51. The van der Waals surface area contributed by atoms with Crippen molar-refractivity contribution in [3.8, 4) is 0 Å². The molecule has 24 heavy (non-hydrogen) atoms. The highest BCUT2D eigenvalue weighted by molar-refractivity contribution is 5.85. The largest absolute Gasteiger partial charge is 0.396 e. The second-order valence-electron chi connectivity index (χ2n) is 6.32. The fourth-order valence-electron chi connectivity index (χ4n) is 3.20. The standard InChI is InChI=1S/C17H23F3N2O.ClH/c1-12-7-8-22(14(9-12)11-21)16(23)10-15(17(18,19)20)13-5-3-2-4-6-13;/h2-6,12,14-15H,7-11,21H2,1H3;1H. The van der Waals surface area contributed by atoms with Crippen LogP contribution in [0.3, 0.4) is 0 Å². The minimum Gasteiger partial charge on any atom is -0.338 e. The first-order valence-corrected chi connectivity index (χ1v) is 7.94. The van der Waals surface area contributed by atoms with Gasteiger partial charge in [-0.2, -0.15) is 13.2 Å². The van der Waals surface area contributed by atoms with Crippen molar-refractivity contribution in [2.45, 2.75) is 44.3 Å². The third-order valence-electron chi connectivity index (χ3n) is 4.55. The van der Waals surface area contributed by atoms with E-state index in [0.717, 1.165) is 12.8 Å². The van der Waals surface area contributed by atoms with Crippen LogP contribution in [0.15, 0.2) is 30.3 Å². The van der Waals surface area contributed by atoms with Crippen molar-refractivity contribution < 1.29 is 18.0 Å². The van der Waals surface area contributed by atoms with Crippen LogP contribution in [0, 0.1) is 5.92 Å². The zero-order valence-corrected chi connectivity index (χ0v) is 14.4. The summed E-state index contributed by atoms with van der Waals surface area (Å²) in [5, 5.41) is 0. The van der Waals surface area contributed by atoms with E-state index < -0.39 is 24.4 Å². The lowest BCUT2D eigenvalue weighted by Crippen LogP contribution is -2.50. The molecule has 0 bridgehead atoms. The molecule has 1 amide bonds. The Morgan fingerprint density at radius 2 is 1.96 bits per heavy atom. The Hall–Kier alpha value is -1.27. The Balaban J connectivity index is 0.00000288. The fourth-order valence-corrected chi connectivity index (χ4v) is 3.20. The van der Waals surface area contributed by atoms with Gasteiger partial charge in [-0.3, -0.25) is 4.79 Å². The van der Waals surface area contributed by atoms with Crippen LogP contribution in [0.4, 0.5) is 13.2 Å². The number of hydrogen-bond donors (Lipinski definition) is 1. The summed E-state index contributed by atoms with van der Waals surface area (Å²) in [4.78, 5) is 14.0. The molecule has 1 aliphatic rings. The maximum atomic E-state index is 13.4. The molecule has 3 nitrogen and oxygen atoms in total. The molecule has 1 saturated heterocycles. The first-order valence-electron chi connectivity index (χ1n) is 7.94. The topological polar surface area (TPSA) is 46.3 Å². The molecule has 0 saturated carbocycles. The van der Waals surface area contributed by atoms with Crippen LogP contribution in [0.25, 0.3) is 0 Å². The number of likely N-dealkylation sites (tertiary alicyclic amines) is 1. The van der Waals surface area contributed by atoms with Gasteiger partial charge >= 0.3 is 6.18 Å². The normalized spacial score (nSPS) is 22.6. The first kappa shape index (κ1) is 20.8. The molecule has 136 valence electrons. The van der Waals surface area contributed by atoms with Crippen molar-refractivity contribution in [3.05, 3.63) is 35.9 Å². The second-order valence-corrected chi connectivity index (χ2v) is 6.32. The highest BCUT2D eigenvalue weighted by atomic mass is 35.5. The van der Waals surface area contributed by atoms with Crippen molar-refractivity contribution in [1.82, 2.24) is 4.90 Å². The lowest BCUT2D eigenvalue weighted by Gasteiger charge is -2.38. The number of hydrogen-bond acceptors (Lipinski definition) is 2. The zero-order valence-electron chi connectivity index (χ0n) is 13.6. The summed E-state index contributed by atoms with van der Waals surface area (Å²) in [5.41, 5.74) is 5.83. The van der Waals surface area contributed by atoms with Crippen LogP contribution in [0.1, 0.15) is 37.7 Å². The van der Waals surface area contributed by atoms with Gasteiger partial charge < -0.3 is 10.6 Å². The molecule has 1 aliphatic heterocycles.